The third kappa shape index (κ3) is 5.04. The molecule has 1 aromatic heterocycles. The molecule has 1 aliphatic heterocycles. The Morgan fingerprint density at radius 2 is 1.77 bits per heavy atom. The van der Waals surface area contributed by atoms with E-state index in [0.717, 1.165) is 6.07 Å². The van der Waals surface area contributed by atoms with Gasteiger partial charge in [0.05, 0.1) is 10.3 Å². The molecule has 3 N–H and O–H groups in total. The van der Waals surface area contributed by atoms with Gasteiger partial charge in [-0.25, -0.2) is 4.98 Å². The number of aryl methyl sites for hydroxylation is 1. The summed E-state index contributed by atoms with van der Waals surface area (Å²) in [6.07, 6.45) is -9.99. The first-order valence-electron chi connectivity index (χ1n) is 12.2. The van der Waals surface area contributed by atoms with Gasteiger partial charge in [0.25, 0.3) is 17.4 Å². The summed E-state index contributed by atoms with van der Waals surface area (Å²) in [4.78, 5) is 43.5. The highest BCUT2D eigenvalue weighted by Crippen LogP contribution is 2.51. The number of rotatable bonds is 7. The van der Waals surface area contributed by atoms with Gasteiger partial charge in [-0.15, -0.1) is 11.3 Å². The fourth-order valence-electron chi connectivity index (χ4n) is 4.69. The molecule has 2 amide bonds. The predicted octanol–water partition coefficient (Wildman–Crippen LogP) is 4.65. The largest absolute Gasteiger partial charge is 0.481 e. The van der Waals surface area contributed by atoms with E-state index >= 15 is 0 Å². The van der Waals surface area contributed by atoms with E-state index in [4.69, 9.17) is 0 Å². The number of nitrogens with one attached hydrogen (secondary N) is 1. The second kappa shape index (κ2) is 10.0. The van der Waals surface area contributed by atoms with Gasteiger partial charge in [-0.2, -0.15) is 26.3 Å². The molecule has 0 bridgehead atoms. The number of hydrogen-bond donors (Lipinski definition) is 3. The average molecular weight is 594 g/mol. The third-order valence-electron chi connectivity index (χ3n) is 7.44. The standard InChI is InChI=1S/C25H25F6N3O5S/c1-12-10-14(23(39,24(26,27)28)25(29,30)31)5-6-15(12)17-16(20(36)34-9-3-4-13(34)2)33-19(40-17)18(35)32-11-22(7-8-22)21(37)38/h5-6,10,13,39H,3-4,7-9,11H2,1-2H3,(H,32,35)(H,37,38)/t13-/m0/s1. The maximum atomic E-state index is 13.4. The van der Waals surface area contributed by atoms with Crippen molar-refractivity contribution < 1.29 is 50.9 Å². The minimum atomic E-state index is -6.07. The minimum absolute atomic E-state index is 0.0419. The number of alkyl halides is 6. The lowest BCUT2D eigenvalue weighted by molar-refractivity contribution is -0.376. The Balaban J connectivity index is 1.76. The summed E-state index contributed by atoms with van der Waals surface area (Å²) in [5, 5.41) is 21.4. The van der Waals surface area contributed by atoms with Gasteiger partial charge >= 0.3 is 18.3 Å². The highest BCUT2D eigenvalue weighted by Gasteiger charge is 2.71. The smallest absolute Gasteiger partial charge is 0.430 e. The fraction of sp³-hybridized carbons (Fsp3) is 0.520. The van der Waals surface area contributed by atoms with Crippen LogP contribution in [-0.2, 0) is 10.4 Å². The molecule has 4 rings (SSSR count). The number of aliphatic hydroxyl groups is 1. The molecule has 40 heavy (non-hydrogen) atoms. The molecule has 2 fully saturated rings. The van der Waals surface area contributed by atoms with Gasteiger partial charge in [0.2, 0.25) is 0 Å². The van der Waals surface area contributed by atoms with Crippen LogP contribution < -0.4 is 5.32 Å². The van der Waals surface area contributed by atoms with Crippen LogP contribution in [0, 0.1) is 12.3 Å². The summed E-state index contributed by atoms with van der Waals surface area (Å²) < 4.78 is 80.5. The molecule has 1 saturated heterocycles. The number of amides is 2. The Morgan fingerprint density at radius 1 is 1.15 bits per heavy atom. The van der Waals surface area contributed by atoms with Gasteiger partial charge in [0, 0.05) is 24.7 Å². The monoisotopic (exact) mass is 593 g/mol. The molecule has 1 aliphatic carbocycles. The van der Waals surface area contributed by atoms with Crippen molar-refractivity contribution in [1.82, 2.24) is 15.2 Å². The first kappa shape index (κ1) is 29.8. The lowest BCUT2D eigenvalue weighted by atomic mass is 9.89. The Labute approximate surface area is 228 Å². The summed E-state index contributed by atoms with van der Waals surface area (Å²) in [7, 11) is 0. The second-order valence-corrected chi connectivity index (χ2v) is 11.2. The van der Waals surface area contributed by atoms with Gasteiger partial charge in [0.15, 0.2) is 5.01 Å². The predicted molar refractivity (Wildman–Crippen MR) is 130 cm³/mol. The average Bonchev–Trinajstić information content (AvgIpc) is 3.33. The molecule has 1 aromatic carbocycles. The minimum Gasteiger partial charge on any atom is -0.481 e. The van der Waals surface area contributed by atoms with Gasteiger partial charge < -0.3 is 20.4 Å². The van der Waals surface area contributed by atoms with E-state index < -0.39 is 46.7 Å². The van der Waals surface area contributed by atoms with E-state index in [9.17, 15) is 50.9 Å². The maximum absolute atomic E-state index is 13.4. The van der Waals surface area contributed by atoms with Gasteiger partial charge in [-0.3, -0.25) is 14.4 Å². The molecule has 1 saturated carbocycles. The van der Waals surface area contributed by atoms with E-state index in [0.29, 0.717) is 55.7 Å². The number of aliphatic carboxylic acids is 1. The zero-order valence-electron chi connectivity index (χ0n) is 21.2. The number of carbonyl (C=O) groups excluding carboxylic acids is 2. The lowest BCUT2D eigenvalue weighted by Gasteiger charge is -2.33. The SMILES string of the molecule is Cc1cc(C(O)(C(F)(F)F)C(F)(F)F)ccc1-c1sc(C(=O)NCC2(C(=O)O)CC2)nc1C(=O)N1CCC[C@@H]1C. The molecular formula is C25H25F6N3O5S. The van der Waals surface area contributed by atoms with E-state index in [-0.39, 0.29) is 39.3 Å². The van der Waals surface area contributed by atoms with Crippen LogP contribution in [0.5, 0.6) is 0 Å². The van der Waals surface area contributed by atoms with Gasteiger partial charge in [-0.1, -0.05) is 18.2 Å². The van der Waals surface area contributed by atoms with Crippen molar-refractivity contribution in [3.8, 4) is 10.4 Å². The number of carboxylic acid groups (broad SMARTS) is 1. The molecule has 2 heterocycles. The Bertz CT molecular complexity index is 1340. The summed E-state index contributed by atoms with van der Waals surface area (Å²) in [5.41, 5.74) is -7.96. The molecule has 1 atom stereocenters. The molecule has 15 heteroatoms. The van der Waals surface area contributed by atoms with Crippen LogP contribution in [0.2, 0.25) is 0 Å². The van der Waals surface area contributed by atoms with E-state index in [1.807, 2.05) is 0 Å². The van der Waals surface area contributed by atoms with E-state index in [1.165, 1.54) is 11.8 Å². The van der Waals surface area contributed by atoms with Crippen LogP contribution in [0.25, 0.3) is 10.4 Å². The van der Waals surface area contributed by atoms with Crippen molar-refractivity contribution in [3.63, 3.8) is 0 Å². The normalized spacial score (nSPS) is 19.0. The highest BCUT2D eigenvalue weighted by atomic mass is 32.1. The number of halogens is 6. The van der Waals surface area contributed by atoms with Gasteiger partial charge in [0.1, 0.15) is 5.69 Å². The zero-order valence-corrected chi connectivity index (χ0v) is 22.1. The third-order valence-corrected chi connectivity index (χ3v) is 8.53. The van der Waals surface area contributed by atoms with Crippen LogP contribution in [0.1, 0.15) is 64.0 Å². The number of hydrogen-bond acceptors (Lipinski definition) is 6. The number of benzene rings is 1. The van der Waals surface area contributed by atoms with Crippen molar-refractivity contribution in [1.29, 1.82) is 0 Å². The molecule has 0 radical (unpaired) electrons. The fourth-order valence-corrected chi connectivity index (χ4v) is 5.75. The maximum Gasteiger partial charge on any atom is 0.430 e. The van der Waals surface area contributed by atoms with Crippen LogP contribution in [0.15, 0.2) is 18.2 Å². The number of carboxylic acids is 1. The molecule has 2 aromatic rings. The van der Waals surface area contributed by atoms with Crippen molar-refractivity contribution in [3.05, 3.63) is 40.0 Å². The van der Waals surface area contributed by atoms with E-state index in [2.05, 4.69) is 10.3 Å². The van der Waals surface area contributed by atoms with Crippen LogP contribution in [0.4, 0.5) is 26.3 Å². The summed E-state index contributed by atoms with van der Waals surface area (Å²) in [6.45, 7) is 3.23. The van der Waals surface area contributed by atoms with Crippen molar-refractivity contribution in [2.45, 2.75) is 63.5 Å². The molecule has 0 unspecified atom stereocenters. The number of aromatic nitrogens is 1. The molecule has 0 spiro atoms. The number of nitrogens with zero attached hydrogens (tertiary/aromatic N) is 2. The molecule has 2 aliphatic rings. The van der Waals surface area contributed by atoms with Crippen LogP contribution >= 0.6 is 11.3 Å². The molecular weight excluding hydrogens is 568 g/mol. The van der Waals surface area contributed by atoms with Crippen molar-refractivity contribution >= 4 is 29.1 Å². The summed E-state index contributed by atoms with van der Waals surface area (Å²) in [5.74, 6) is -2.41. The summed E-state index contributed by atoms with van der Waals surface area (Å²) in [6, 6.07) is 1.75. The number of likely N-dealkylation sites (tertiary alicyclic amines) is 1. The Kier molecular flexibility index (Phi) is 7.45. The summed E-state index contributed by atoms with van der Waals surface area (Å²) >= 11 is 0.702. The Morgan fingerprint density at radius 3 is 2.25 bits per heavy atom. The first-order chi connectivity index (χ1) is 18.4. The quantitative estimate of drug-likeness (QED) is 0.402. The molecule has 8 nitrogen and oxygen atoms in total. The van der Waals surface area contributed by atoms with Crippen molar-refractivity contribution in [2.75, 3.05) is 13.1 Å². The van der Waals surface area contributed by atoms with Gasteiger partial charge in [-0.05, 0) is 50.7 Å². The van der Waals surface area contributed by atoms with Crippen molar-refractivity contribution in [2.24, 2.45) is 5.41 Å². The first-order valence-corrected chi connectivity index (χ1v) is 13.1. The van der Waals surface area contributed by atoms with Crippen LogP contribution in [-0.4, -0.2) is 69.4 Å². The van der Waals surface area contributed by atoms with E-state index in [1.54, 1.807) is 6.92 Å². The number of thiazole rings is 1. The van der Waals surface area contributed by atoms with Crippen LogP contribution in [0.3, 0.4) is 0 Å². The highest BCUT2D eigenvalue weighted by molar-refractivity contribution is 7.17. The second-order valence-electron chi connectivity index (χ2n) is 10.2. The lowest BCUT2D eigenvalue weighted by Crippen LogP contribution is -2.53. The topological polar surface area (TPSA) is 120 Å². The molecule has 218 valence electrons. The number of carbonyl (C=O) groups is 3. The zero-order chi connectivity index (χ0) is 29.8. The Hall–Kier alpha value is -3.20.